The Morgan fingerprint density at radius 1 is 1.53 bits per heavy atom. The number of carbonyl (C=O) groups is 1. The average Bonchev–Trinajstić information content (AvgIpc) is 2.70. The fourth-order valence-electron chi connectivity index (χ4n) is 1.59. The highest BCUT2D eigenvalue weighted by Gasteiger charge is 2.22. The van der Waals surface area contributed by atoms with Crippen LogP contribution in [-0.4, -0.2) is 18.3 Å². The first-order chi connectivity index (χ1) is 9.11. The standard InChI is InChI=1S/C14H12ClNO3/c1-3-6-18-13-5-4-11(15)7-10(13)8-12-9(2)16-19-14(12)17/h3-5,7-8H,1,6H2,2H3. The molecule has 0 unspecified atom stereocenters. The zero-order chi connectivity index (χ0) is 13.8. The Labute approximate surface area is 116 Å². The van der Waals surface area contributed by atoms with Gasteiger partial charge >= 0.3 is 5.97 Å². The van der Waals surface area contributed by atoms with E-state index < -0.39 is 5.97 Å². The van der Waals surface area contributed by atoms with Gasteiger partial charge in [0.1, 0.15) is 12.4 Å². The van der Waals surface area contributed by atoms with Gasteiger partial charge < -0.3 is 9.57 Å². The molecule has 0 aliphatic carbocycles. The molecule has 0 bridgehead atoms. The fraction of sp³-hybridized carbons (Fsp3) is 0.143. The van der Waals surface area contributed by atoms with Crippen molar-refractivity contribution < 1.29 is 14.4 Å². The minimum atomic E-state index is -0.479. The van der Waals surface area contributed by atoms with Crippen molar-refractivity contribution in [1.29, 1.82) is 0 Å². The minimum absolute atomic E-state index is 0.370. The van der Waals surface area contributed by atoms with E-state index in [1.54, 1.807) is 37.3 Å². The molecule has 0 radical (unpaired) electrons. The summed E-state index contributed by atoms with van der Waals surface area (Å²) in [5.74, 6) is 0.136. The van der Waals surface area contributed by atoms with E-state index in [4.69, 9.17) is 16.3 Å². The molecule has 1 aliphatic heterocycles. The molecule has 5 heteroatoms. The van der Waals surface area contributed by atoms with Crippen LogP contribution >= 0.6 is 11.6 Å². The highest BCUT2D eigenvalue weighted by Crippen LogP contribution is 2.27. The normalized spacial score (nSPS) is 16.2. The van der Waals surface area contributed by atoms with E-state index in [9.17, 15) is 4.79 Å². The topological polar surface area (TPSA) is 47.9 Å². The monoisotopic (exact) mass is 277 g/mol. The van der Waals surface area contributed by atoms with Crippen molar-refractivity contribution in [2.45, 2.75) is 6.92 Å². The van der Waals surface area contributed by atoms with E-state index in [0.29, 0.717) is 34.2 Å². The Bertz CT molecular complexity index is 590. The highest BCUT2D eigenvalue weighted by molar-refractivity contribution is 6.31. The Balaban J connectivity index is 2.40. The third-order valence-electron chi connectivity index (χ3n) is 2.50. The molecule has 1 aromatic rings. The van der Waals surface area contributed by atoms with Crippen LogP contribution in [0, 0.1) is 0 Å². The second-order valence-corrected chi connectivity index (χ2v) is 4.33. The van der Waals surface area contributed by atoms with Crippen LogP contribution in [-0.2, 0) is 9.63 Å². The van der Waals surface area contributed by atoms with E-state index in [0.717, 1.165) is 0 Å². The molecule has 0 saturated carbocycles. The Morgan fingerprint density at radius 3 is 2.95 bits per heavy atom. The molecule has 4 nitrogen and oxygen atoms in total. The Morgan fingerprint density at radius 2 is 2.32 bits per heavy atom. The molecule has 0 spiro atoms. The minimum Gasteiger partial charge on any atom is -0.489 e. The maximum atomic E-state index is 11.5. The van der Waals surface area contributed by atoms with Crippen LogP contribution in [0.1, 0.15) is 12.5 Å². The lowest BCUT2D eigenvalue weighted by Gasteiger charge is -2.08. The third kappa shape index (κ3) is 3.03. The fourth-order valence-corrected chi connectivity index (χ4v) is 1.77. The molecular formula is C14H12ClNO3. The van der Waals surface area contributed by atoms with Gasteiger partial charge in [-0.05, 0) is 31.2 Å². The number of benzene rings is 1. The summed E-state index contributed by atoms with van der Waals surface area (Å²) in [4.78, 5) is 16.1. The van der Waals surface area contributed by atoms with Gasteiger partial charge in [0.25, 0.3) is 0 Å². The first kappa shape index (κ1) is 13.4. The van der Waals surface area contributed by atoms with Crippen LogP contribution < -0.4 is 4.74 Å². The van der Waals surface area contributed by atoms with Crippen molar-refractivity contribution in [1.82, 2.24) is 0 Å². The number of halogens is 1. The third-order valence-corrected chi connectivity index (χ3v) is 2.74. The molecule has 0 N–H and O–H groups in total. The molecule has 1 heterocycles. The van der Waals surface area contributed by atoms with Gasteiger partial charge in [0.15, 0.2) is 0 Å². The van der Waals surface area contributed by atoms with Crippen LogP contribution in [0.2, 0.25) is 5.02 Å². The summed E-state index contributed by atoms with van der Waals surface area (Å²) in [7, 11) is 0. The van der Waals surface area contributed by atoms with Crippen molar-refractivity contribution in [2.24, 2.45) is 5.16 Å². The molecular weight excluding hydrogens is 266 g/mol. The summed E-state index contributed by atoms with van der Waals surface area (Å²) >= 11 is 5.96. The molecule has 19 heavy (non-hydrogen) atoms. The zero-order valence-electron chi connectivity index (χ0n) is 10.4. The van der Waals surface area contributed by atoms with Crippen molar-refractivity contribution in [2.75, 3.05) is 6.61 Å². The summed E-state index contributed by atoms with van der Waals surface area (Å²) in [6, 6.07) is 5.17. The lowest BCUT2D eigenvalue weighted by atomic mass is 10.1. The van der Waals surface area contributed by atoms with Crippen LogP contribution in [0.4, 0.5) is 0 Å². The first-order valence-corrected chi connectivity index (χ1v) is 6.01. The lowest BCUT2D eigenvalue weighted by Crippen LogP contribution is -2.02. The van der Waals surface area contributed by atoms with Gasteiger partial charge in [-0.2, -0.15) is 0 Å². The number of rotatable bonds is 4. The van der Waals surface area contributed by atoms with Gasteiger partial charge in [-0.25, -0.2) is 4.79 Å². The average molecular weight is 278 g/mol. The number of hydrogen-bond acceptors (Lipinski definition) is 4. The van der Waals surface area contributed by atoms with Crippen LogP contribution in [0.25, 0.3) is 6.08 Å². The van der Waals surface area contributed by atoms with Gasteiger partial charge in [0.05, 0.1) is 11.3 Å². The summed E-state index contributed by atoms with van der Waals surface area (Å²) in [6.07, 6.45) is 3.29. The molecule has 0 atom stereocenters. The molecule has 1 aliphatic rings. The number of carbonyl (C=O) groups excluding carboxylic acids is 1. The highest BCUT2D eigenvalue weighted by atomic mass is 35.5. The van der Waals surface area contributed by atoms with Crippen molar-refractivity contribution >= 4 is 29.4 Å². The molecule has 0 fully saturated rings. The summed E-state index contributed by atoms with van der Waals surface area (Å²) in [5, 5.41) is 4.17. The second-order valence-electron chi connectivity index (χ2n) is 3.90. The van der Waals surface area contributed by atoms with E-state index in [2.05, 4.69) is 16.6 Å². The smallest absolute Gasteiger partial charge is 0.367 e. The van der Waals surface area contributed by atoms with Crippen molar-refractivity contribution in [3.63, 3.8) is 0 Å². The summed E-state index contributed by atoms with van der Waals surface area (Å²) in [6.45, 7) is 5.66. The summed E-state index contributed by atoms with van der Waals surface area (Å²) in [5.41, 5.74) is 1.61. The number of ether oxygens (including phenoxy) is 1. The zero-order valence-corrected chi connectivity index (χ0v) is 11.1. The maximum absolute atomic E-state index is 11.5. The predicted octanol–water partition coefficient (Wildman–Crippen LogP) is 3.22. The predicted molar refractivity (Wildman–Crippen MR) is 74.3 cm³/mol. The number of hydrogen-bond donors (Lipinski definition) is 0. The largest absolute Gasteiger partial charge is 0.489 e. The van der Waals surface area contributed by atoms with Gasteiger partial charge in [0.2, 0.25) is 0 Å². The van der Waals surface area contributed by atoms with E-state index in [1.807, 2.05) is 0 Å². The first-order valence-electron chi connectivity index (χ1n) is 5.63. The quantitative estimate of drug-likeness (QED) is 0.482. The van der Waals surface area contributed by atoms with Crippen LogP contribution in [0.3, 0.4) is 0 Å². The van der Waals surface area contributed by atoms with Gasteiger partial charge in [-0.3, -0.25) is 0 Å². The SMILES string of the molecule is C=CCOc1ccc(Cl)cc1C=C1C(=O)ON=C1C. The van der Waals surface area contributed by atoms with Gasteiger partial charge in [-0.15, -0.1) is 0 Å². The Hall–Kier alpha value is -2.07. The number of oxime groups is 1. The van der Waals surface area contributed by atoms with Gasteiger partial charge in [0, 0.05) is 10.6 Å². The molecule has 1 aromatic carbocycles. The van der Waals surface area contributed by atoms with E-state index in [-0.39, 0.29) is 0 Å². The van der Waals surface area contributed by atoms with Crippen LogP contribution in [0.15, 0.2) is 41.6 Å². The van der Waals surface area contributed by atoms with Crippen molar-refractivity contribution in [3.05, 3.63) is 47.0 Å². The van der Waals surface area contributed by atoms with Crippen LogP contribution in [0.5, 0.6) is 5.75 Å². The Kier molecular flexibility index (Phi) is 4.02. The molecule has 0 aromatic heterocycles. The van der Waals surface area contributed by atoms with E-state index in [1.165, 1.54) is 0 Å². The maximum Gasteiger partial charge on any atom is 0.367 e. The summed E-state index contributed by atoms with van der Waals surface area (Å²) < 4.78 is 5.51. The van der Waals surface area contributed by atoms with Crippen molar-refractivity contribution in [3.8, 4) is 5.75 Å². The molecule has 0 amide bonds. The molecule has 2 rings (SSSR count). The molecule has 98 valence electrons. The second kappa shape index (κ2) is 5.71. The van der Waals surface area contributed by atoms with E-state index >= 15 is 0 Å². The lowest BCUT2D eigenvalue weighted by molar-refractivity contribution is -0.136. The van der Waals surface area contributed by atoms with Gasteiger partial charge in [-0.1, -0.05) is 29.4 Å². The number of nitrogens with zero attached hydrogens (tertiary/aromatic N) is 1. The molecule has 0 saturated heterocycles.